The molecule has 0 bridgehead atoms. The summed E-state index contributed by atoms with van der Waals surface area (Å²) in [5, 5.41) is 3.40. The molecule has 2 aromatic heterocycles. The minimum atomic E-state index is 0.591. The molecule has 1 aliphatic heterocycles. The van der Waals surface area contributed by atoms with Crippen LogP contribution in [0.5, 0.6) is 0 Å². The predicted octanol–water partition coefficient (Wildman–Crippen LogP) is 1.13. The van der Waals surface area contributed by atoms with Crippen molar-refractivity contribution >= 4 is 11.5 Å². The Morgan fingerprint density at radius 3 is 3.25 bits per heavy atom. The van der Waals surface area contributed by atoms with Crippen LogP contribution in [0.25, 0.3) is 5.65 Å². The number of anilines is 1. The summed E-state index contributed by atoms with van der Waals surface area (Å²) in [6.45, 7) is 2.19. The lowest BCUT2D eigenvalue weighted by atomic mass is 10.2. The van der Waals surface area contributed by atoms with Gasteiger partial charge in [0.05, 0.1) is 0 Å². The highest BCUT2D eigenvalue weighted by Gasteiger charge is 2.20. The lowest BCUT2D eigenvalue weighted by Crippen LogP contribution is -2.34. The number of rotatable bonds is 2. The zero-order chi connectivity index (χ0) is 11.0. The minimum absolute atomic E-state index is 0.591. The molecule has 0 aliphatic carbocycles. The van der Waals surface area contributed by atoms with Crippen molar-refractivity contribution in [1.82, 2.24) is 14.7 Å². The Morgan fingerprint density at radius 1 is 1.50 bits per heavy atom. The molecule has 4 nitrogen and oxygen atoms in total. The van der Waals surface area contributed by atoms with Crippen molar-refractivity contribution < 1.29 is 0 Å². The molecule has 0 radical (unpaired) electrons. The van der Waals surface area contributed by atoms with E-state index in [1.165, 1.54) is 12.2 Å². The van der Waals surface area contributed by atoms with Crippen molar-refractivity contribution in [3.05, 3.63) is 30.6 Å². The quantitative estimate of drug-likeness (QED) is 0.817. The predicted molar refractivity (Wildman–Crippen MR) is 64.9 cm³/mol. The molecule has 2 aromatic rings. The fraction of sp³-hybridized carbons (Fsp3) is 0.417. The standard InChI is InChI=1S/C12H16N4/c1-15(10-5-6-13-9-10)12-4-2-3-11-14-7-8-16(11)12/h2-4,7-8,10,13H,5-6,9H2,1H3. The average molecular weight is 216 g/mol. The van der Waals surface area contributed by atoms with Crippen molar-refractivity contribution in [3.63, 3.8) is 0 Å². The molecule has 1 aliphatic rings. The van der Waals surface area contributed by atoms with Crippen LogP contribution in [0.4, 0.5) is 5.82 Å². The minimum Gasteiger partial charge on any atom is -0.356 e. The van der Waals surface area contributed by atoms with Gasteiger partial charge < -0.3 is 10.2 Å². The Hall–Kier alpha value is -1.55. The molecule has 1 fully saturated rings. The van der Waals surface area contributed by atoms with Crippen molar-refractivity contribution in [1.29, 1.82) is 0 Å². The number of aromatic nitrogens is 2. The molecular weight excluding hydrogens is 200 g/mol. The van der Waals surface area contributed by atoms with E-state index in [-0.39, 0.29) is 0 Å². The zero-order valence-electron chi connectivity index (χ0n) is 9.43. The highest BCUT2D eigenvalue weighted by Crippen LogP contribution is 2.19. The number of likely N-dealkylation sites (N-methyl/N-ethyl adjacent to an activating group) is 1. The third-order valence-corrected chi connectivity index (χ3v) is 3.35. The van der Waals surface area contributed by atoms with Crippen molar-refractivity contribution in [2.45, 2.75) is 12.5 Å². The van der Waals surface area contributed by atoms with E-state index in [0.29, 0.717) is 6.04 Å². The zero-order valence-corrected chi connectivity index (χ0v) is 9.43. The van der Waals surface area contributed by atoms with Gasteiger partial charge in [0, 0.05) is 32.0 Å². The summed E-state index contributed by atoms with van der Waals surface area (Å²) in [7, 11) is 2.16. The fourth-order valence-corrected chi connectivity index (χ4v) is 2.38. The molecule has 1 saturated heterocycles. The van der Waals surface area contributed by atoms with E-state index in [2.05, 4.69) is 38.8 Å². The second-order valence-corrected chi connectivity index (χ2v) is 4.30. The van der Waals surface area contributed by atoms with E-state index < -0.39 is 0 Å². The monoisotopic (exact) mass is 216 g/mol. The molecule has 0 amide bonds. The molecule has 0 saturated carbocycles. The summed E-state index contributed by atoms with van der Waals surface area (Å²) in [5.74, 6) is 1.21. The molecule has 0 spiro atoms. The van der Waals surface area contributed by atoms with Crippen LogP contribution in [0.15, 0.2) is 30.6 Å². The van der Waals surface area contributed by atoms with E-state index in [1.807, 2.05) is 18.5 Å². The van der Waals surface area contributed by atoms with E-state index >= 15 is 0 Å². The second-order valence-electron chi connectivity index (χ2n) is 4.30. The van der Waals surface area contributed by atoms with Crippen LogP contribution in [0.2, 0.25) is 0 Å². The van der Waals surface area contributed by atoms with E-state index in [4.69, 9.17) is 0 Å². The summed E-state index contributed by atoms with van der Waals surface area (Å²) in [5.41, 5.74) is 1.01. The SMILES string of the molecule is CN(c1cccc2nccn12)C1CCNC1. The summed E-state index contributed by atoms with van der Waals surface area (Å²) in [6, 6.07) is 6.83. The lowest BCUT2D eigenvalue weighted by molar-refractivity contribution is 0.674. The van der Waals surface area contributed by atoms with Gasteiger partial charge in [-0.25, -0.2) is 4.98 Å². The van der Waals surface area contributed by atoms with E-state index in [9.17, 15) is 0 Å². The summed E-state index contributed by atoms with van der Waals surface area (Å²) in [4.78, 5) is 6.65. The topological polar surface area (TPSA) is 32.6 Å². The van der Waals surface area contributed by atoms with Gasteiger partial charge >= 0.3 is 0 Å². The smallest absolute Gasteiger partial charge is 0.138 e. The number of hydrogen-bond donors (Lipinski definition) is 1. The summed E-state index contributed by atoms with van der Waals surface area (Å²) in [6.07, 6.45) is 5.07. The Morgan fingerprint density at radius 2 is 2.44 bits per heavy atom. The lowest BCUT2D eigenvalue weighted by Gasteiger charge is -2.26. The van der Waals surface area contributed by atoms with Gasteiger partial charge in [0.25, 0.3) is 0 Å². The molecule has 16 heavy (non-hydrogen) atoms. The maximum absolute atomic E-state index is 4.31. The van der Waals surface area contributed by atoms with Crippen LogP contribution >= 0.6 is 0 Å². The molecule has 3 rings (SSSR count). The molecule has 1 atom stereocenters. The average Bonchev–Trinajstić information content (AvgIpc) is 2.98. The van der Waals surface area contributed by atoms with Crippen LogP contribution in [0.1, 0.15) is 6.42 Å². The van der Waals surface area contributed by atoms with Gasteiger partial charge in [-0.05, 0) is 25.1 Å². The molecule has 0 aromatic carbocycles. The number of hydrogen-bond acceptors (Lipinski definition) is 3. The van der Waals surface area contributed by atoms with Crippen LogP contribution in [-0.4, -0.2) is 35.6 Å². The van der Waals surface area contributed by atoms with Crippen molar-refractivity contribution in [2.24, 2.45) is 0 Å². The van der Waals surface area contributed by atoms with E-state index in [1.54, 1.807) is 0 Å². The normalized spacial score (nSPS) is 20.4. The Labute approximate surface area is 94.9 Å². The number of fused-ring (bicyclic) bond motifs is 1. The van der Waals surface area contributed by atoms with Gasteiger partial charge in [-0.15, -0.1) is 0 Å². The molecule has 84 valence electrons. The van der Waals surface area contributed by atoms with Gasteiger partial charge in [0.1, 0.15) is 11.5 Å². The molecule has 4 heteroatoms. The maximum Gasteiger partial charge on any atom is 0.138 e. The van der Waals surface area contributed by atoms with E-state index in [0.717, 1.165) is 18.7 Å². The number of nitrogens with one attached hydrogen (secondary N) is 1. The molecule has 1 unspecified atom stereocenters. The Kier molecular flexibility index (Phi) is 2.29. The highest BCUT2D eigenvalue weighted by molar-refractivity contribution is 5.51. The second kappa shape index (κ2) is 3.79. The fourth-order valence-electron chi connectivity index (χ4n) is 2.38. The van der Waals surface area contributed by atoms with Crippen LogP contribution in [0, 0.1) is 0 Å². The Bertz CT molecular complexity index is 484. The first-order valence-electron chi connectivity index (χ1n) is 5.72. The molecule has 1 N–H and O–H groups in total. The number of imidazole rings is 1. The van der Waals surface area contributed by atoms with Gasteiger partial charge in [-0.2, -0.15) is 0 Å². The number of nitrogens with zero attached hydrogens (tertiary/aromatic N) is 3. The van der Waals surface area contributed by atoms with Gasteiger partial charge in [0.15, 0.2) is 0 Å². The highest BCUT2D eigenvalue weighted by atomic mass is 15.3. The van der Waals surface area contributed by atoms with Crippen molar-refractivity contribution in [2.75, 3.05) is 25.0 Å². The number of pyridine rings is 1. The first kappa shape index (κ1) is 9.66. The largest absolute Gasteiger partial charge is 0.356 e. The van der Waals surface area contributed by atoms with Gasteiger partial charge in [-0.1, -0.05) is 6.07 Å². The third kappa shape index (κ3) is 1.46. The summed E-state index contributed by atoms with van der Waals surface area (Å²) < 4.78 is 2.14. The van der Waals surface area contributed by atoms with Crippen LogP contribution in [-0.2, 0) is 0 Å². The maximum atomic E-state index is 4.31. The molecule has 3 heterocycles. The summed E-state index contributed by atoms with van der Waals surface area (Å²) >= 11 is 0. The molecular formula is C12H16N4. The Balaban J connectivity index is 2.00. The van der Waals surface area contributed by atoms with Crippen molar-refractivity contribution in [3.8, 4) is 0 Å². The van der Waals surface area contributed by atoms with Crippen LogP contribution < -0.4 is 10.2 Å². The van der Waals surface area contributed by atoms with Gasteiger partial charge in [-0.3, -0.25) is 4.40 Å². The third-order valence-electron chi connectivity index (χ3n) is 3.35. The first-order chi connectivity index (χ1) is 7.86. The first-order valence-corrected chi connectivity index (χ1v) is 5.72. The van der Waals surface area contributed by atoms with Gasteiger partial charge in [0.2, 0.25) is 0 Å². The van der Waals surface area contributed by atoms with Crippen LogP contribution in [0.3, 0.4) is 0 Å².